The van der Waals surface area contributed by atoms with Gasteiger partial charge in [0.1, 0.15) is 11.5 Å². The first-order valence-corrected chi connectivity index (χ1v) is 6.24. The first-order chi connectivity index (χ1) is 8.38. The summed E-state index contributed by atoms with van der Waals surface area (Å²) in [6.45, 7) is 9.21. The molecule has 18 heavy (non-hydrogen) atoms. The van der Waals surface area contributed by atoms with Gasteiger partial charge < -0.3 is 11.1 Å². The minimum Gasteiger partial charge on any atom is -0.383 e. The fourth-order valence-corrected chi connectivity index (χ4v) is 1.57. The van der Waals surface area contributed by atoms with Crippen LogP contribution in [0.15, 0.2) is 9.59 Å². The fraction of sp³-hybridized carbons (Fsp3) is 0.667. The quantitative estimate of drug-likeness (QED) is 0.726. The Morgan fingerprint density at radius 3 is 2.44 bits per heavy atom. The van der Waals surface area contributed by atoms with E-state index in [1.807, 2.05) is 0 Å². The molecule has 0 fully saturated rings. The number of hydrogen-bond donors (Lipinski definition) is 3. The van der Waals surface area contributed by atoms with Crippen molar-refractivity contribution < 1.29 is 0 Å². The molecular weight excluding hydrogens is 232 g/mol. The van der Waals surface area contributed by atoms with E-state index in [-0.39, 0.29) is 11.5 Å². The number of aromatic nitrogens is 2. The van der Waals surface area contributed by atoms with E-state index in [1.165, 1.54) is 4.57 Å². The predicted octanol–water partition coefficient (Wildman–Crippen LogP) is 0.843. The molecule has 1 rings (SSSR count). The van der Waals surface area contributed by atoms with Crippen molar-refractivity contribution in [1.82, 2.24) is 9.55 Å². The van der Waals surface area contributed by atoms with Crippen LogP contribution in [0.3, 0.4) is 0 Å². The van der Waals surface area contributed by atoms with Gasteiger partial charge in [-0.2, -0.15) is 0 Å². The van der Waals surface area contributed by atoms with Gasteiger partial charge in [-0.05, 0) is 18.8 Å². The summed E-state index contributed by atoms with van der Waals surface area (Å²) in [7, 11) is 0. The molecule has 1 unspecified atom stereocenters. The standard InChI is InChI=1S/C12H22N4O2/c1-5-16-10(13)9(11(17)15-12(16)18)14-6-8(4)7(2)3/h7-8,14H,5-6,13H2,1-4H3,(H,15,17,18). The largest absolute Gasteiger partial charge is 0.383 e. The summed E-state index contributed by atoms with van der Waals surface area (Å²) >= 11 is 0. The average Bonchev–Trinajstić information content (AvgIpc) is 2.28. The van der Waals surface area contributed by atoms with Crippen molar-refractivity contribution in [3.05, 3.63) is 20.8 Å². The third kappa shape index (κ3) is 2.94. The topological polar surface area (TPSA) is 92.9 Å². The Balaban J connectivity index is 3.03. The van der Waals surface area contributed by atoms with Gasteiger partial charge in [0.15, 0.2) is 0 Å². The van der Waals surface area contributed by atoms with Crippen LogP contribution in [0.5, 0.6) is 0 Å². The summed E-state index contributed by atoms with van der Waals surface area (Å²) in [4.78, 5) is 25.5. The van der Waals surface area contributed by atoms with Crippen LogP contribution in [-0.2, 0) is 6.54 Å². The minimum absolute atomic E-state index is 0.196. The molecule has 0 aliphatic heterocycles. The molecule has 0 aliphatic rings. The first-order valence-electron chi connectivity index (χ1n) is 6.24. The SMILES string of the molecule is CCn1c(N)c(NCC(C)C(C)C)c(=O)[nH]c1=O. The number of H-pyrrole nitrogens is 1. The predicted molar refractivity (Wildman–Crippen MR) is 73.9 cm³/mol. The summed E-state index contributed by atoms with van der Waals surface area (Å²) in [6, 6.07) is 0. The number of rotatable bonds is 5. The van der Waals surface area contributed by atoms with Crippen molar-refractivity contribution >= 4 is 11.5 Å². The lowest BCUT2D eigenvalue weighted by Gasteiger charge is -2.18. The molecule has 0 aliphatic carbocycles. The van der Waals surface area contributed by atoms with Crippen molar-refractivity contribution in [2.75, 3.05) is 17.6 Å². The Kier molecular flexibility index (Phi) is 4.58. The first kappa shape index (κ1) is 14.3. The highest BCUT2D eigenvalue weighted by Gasteiger charge is 2.13. The summed E-state index contributed by atoms with van der Waals surface area (Å²) < 4.78 is 1.34. The molecule has 0 saturated heterocycles. The molecule has 6 nitrogen and oxygen atoms in total. The number of anilines is 2. The molecule has 0 amide bonds. The molecular formula is C12H22N4O2. The number of nitrogens with two attached hydrogens (primary N) is 1. The molecule has 0 bridgehead atoms. The lowest BCUT2D eigenvalue weighted by atomic mass is 9.98. The maximum atomic E-state index is 11.7. The van der Waals surface area contributed by atoms with Crippen LogP contribution in [0.4, 0.5) is 11.5 Å². The summed E-state index contributed by atoms with van der Waals surface area (Å²) in [5.41, 5.74) is 5.19. The van der Waals surface area contributed by atoms with E-state index in [2.05, 4.69) is 31.1 Å². The third-order valence-corrected chi connectivity index (χ3v) is 3.29. The zero-order valence-electron chi connectivity index (χ0n) is 11.4. The molecule has 0 spiro atoms. The molecule has 1 aromatic rings. The molecule has 1 atom stereocenters. The van der Waals surface area contributed by atoms with E-state index in [1.54, 1.807) is 6.92 Å². The van der Waals surface area contributed by atoms with Crippen molar-refractivity contribution in [3.8, 4) is 0 Å². The maximum absolute atomic E-state index is 11.7. The van der Waals surface area contributed by atoms with Crippen LogP contribution in [-0.4, -0.2) is 16.1 Å². The Hall–Kier alpha value is -1.72. The summed E-state index contributed by atoms with van der Waals surface area (Å²) in [5, 5.41) is 3.04. The normalized spacial score (nSPS) is 12.7. The van der Waals surface area contributed by atoms with Gasteiger partial charge in [-0.15, -0.1) is 0 Å². The van der Waals surface area contributed by atoms with Crippen molar-refractivity contribution in [1.29, 1.82) is 0 Å². The number of hydrogen-bond acceptors (Lipinski definition) is 4. The zero-order chi connectivity index (χ0) is 13.9. The lowest BCUT2D eigenvalue weighted by molar-refractivity contribution is 0.439. The third-order valence-electron chi connectivity index (χ3n) is 3.29. The smallest absolute Gasteiger partial charge is 0.330 e. The number of nitrogens with one attached hydrogen (secondary N) is 2. The number of aromatic amines is 1. The highest BCUT2D eigenvalue weighted by Crippen LogP contribution is 2.13. The molecule has 4 N–H and O–H groups in total. The van der Waals surface area contributed by atoms with Gasteiger partial charge in [0.25, 0.3) is 5.56 Å². The molecule has 0 aromatic carbocycles. The second-order valence-corrected chi connectivity index (χ2v) is 4.87. The molecule has 102 valence electrons. The van der Waals surface area contributed by atoms with Crippen molar-refractivity contribution in [3.63, 3.8) is 0 Å². The number of nitrogens with zero attached hydrogens (tertiary/aromatic N) is 1. The monoisotopic (exact) mass is 254 g/mol. The van der Waals surface area contributed by atoms with Crippen LogP contribution in [0.25, 0.3) is 0 Å². The van der Waals surface area contributed by atoms with Gasteiger partial charge in [0, 0.05) is 13.1 Å². The summed E-state index contributed by atoms with van der Waals surface area (Å²) in [6.07, 6.45) is 0. The Bertz CT molecular complexity index is 516. The second kappa shape index (κ2) is 5.75. The summed E-state index contributed by atoms with van der Waals surface area (Å²) in [5.74, 6) is 1.11. The van der Waals surface area contributed by atoms with Crippen molar-refractivity contribution in [2.24, 2.45) is 11.8 Å². The fourth-order valence-electron chi connectivity index (χ4n) is 1.57. The van der Waals surface area contributed by atoms with E-state index in [0.717, 1.165) is 0 Å². The lowest BCUT2D eigenvalue weighted by Crippen LogP contribution is -2.34. The maximum Gasteiger partial charge on any atom is 0.330 e. The van der Waals surface area contributed by atoms with Crippen LogP contribution >= 0.6 is 0 Å². The van der Waals surface area contributed by atoms with E-state index in [4.69, 9.17) is 5.73 Å². The molecule has 1 aromatic heterocycles. The van der Waals surface area contributed by atoms with Crippen LogP contribution in [0, 0.1) is 11.8 Å². The number of nitrogen functional groups attached to an aromatic ring is 1. The molecule has 0 saturated carbocycles. The Morgan fingerprint density at radius 1 is 1.33 bits per heavy atom. The molecule has 6 heteroatoms. The van der Waals surface area contributed by atoms with Crippen molar-refractivity contribution in [2.45, 2.75) is 34.2 Å². The van der Waals surface area contributed by atoms with Crippen LogP contribution < -0.4 is 22.3 Å². The zero-order valence-corrected chi connectivity index (χ0v) is 11.4. The average molecular weight is 254 g/mol. The van der Waals surface area contributed by atoms with E-state index < -0.39 is 11.2 Å². The van der Waals surface area contributed by atoms with Gasteiger partial charge in [-0.25, -0.2) is 4.79 Å². The second-order valence-electron chi connectivity index (χ2n) is 4.87. The minimum atomic E-state index is -0.470. The highest BCUT2D eigenvalue weighted by molar-refractivity contribution is 5.60. The van der Waals surface area contributed by atoms with Gasteiger partial charge in [0.05, 0.1) is 0 Å². The van der Waals surface area contributed by atoms with Gasteiger partial charge in [-0.1, -0.05) is 20.8 Å². The van der Waals surface area contributed by atoms with Crippen LogP contribution in [0.2, 0.25) is 0 Å². The van der Waals surface area contributed by atoms with E-state index in [0.29, 0.717) is 24.9 Å². The van der Waals surface area contributed by atoms with E-state index in [9.17, 15) is 9.59 Å². The van der Waals surface area contributed by atoms with Gasteiger partial charge in [0.2, 0.25) is 0 Å². The van der Waals surface area contributed by atoms with Gasteiger partial charge >= 0.3 is 5.69 Å². The van der Waals surface area contributed by atoms with Crippen LogP contribution in [0.1, 0.15) is 27.7 Å². The Morgan fingerprint density at radius 2 is 1.94 bits per heavy atom. The highest BCUT2D eigenvalue weighted by atomic mass is 16.2. The molecule has 1 heterocycles. The molecule has 0 radical (unpaired) electrons. The van der Waals surface area contributed by atoms with Gasteiger partial charge in [-0.3, -0.25) is 14.3 Å². The van der Waals surface area contributed by atoms with E-state index >= 15 is 0 Å². The Labute approximate surface area is 106 Å².